The Morgan fingerprint density at radius 1 is 1.24 bits per heavy atom. The van der Waals surface area contributed by atoms with Crippen LogP contribution in [0.5, 0.6) is 5.75 Å². The number of carbonyl (C=O) groups excluding carboxylic acids is 1. The molecule has 0 radical (unpaired) electrons. The molecule has 0 aliphatic carbocycles. The quantitative estimate of drug-likeness (QED) is 0.242. The average Bonchev–Trinajstić information content (AvgIpc) is 3.59. The van der Waals surface area contributed by atoms with Gasteiger partial charge in [0.1, 0.15) is 12.3 Å². The van der Waals surface area contributed by atoms with E-state index in [0.717, 1.165) is 41.9 Å². The molecule has 172 valence electrons. The van der Waals surface area contributed by atoms with E-state index < -0.39 is 0 Å². The SMILES string of the molecule is COc1ccc(-c2n[nH]c(=S)n2CC(=O)NCCCCCc2nc(-c3cccs3)no2)cc1. The van der Waals surface area contributed by atoms with Gasteiger partial charge in [-0.1, -0.05) is 17.6 Å². The molecule has 4 aromatic rings. The van der Waals surface area contributed by atoms with Crippen LogP contribution in [0.25, 0.3) is 22.1 Å². The van der Waals surface area contributed by atoms with Gasteiger partial charge in [-0.05, 0) is 60.8 Å². The number of thiophene rings is 1. The lowest BCUT2D eigenvalue weighted by atomic mass is 10.2. The van der Waals surface area contributed by atoms with Gasteiger partial charge in [0.05, 0.1) is 12.0 Å². The van der Waals surface area contributed by atoms with Crippen molar-refractivity contribution in [1.29, 1.82) is 0 Å². The van der Waals surface area contributed by atoms with Crippen LogP contribution in [0.1, 0.15) is 25.2 Å². The van der Waals surface area contributed by atoms with E-state index >= 15 is 0 Å². The van der Waals surface area contributed by atoms with Crippen LogP contribution in [0.2, 0.25) is 0 Å². The number of aryl methyl sites for hydroxylation is 1. The molecule has 0 fully saturated rings. The normalized spacial score (nSPS) is 10.9. The van der Waals surface area contributed by atoms with Gasteiger partial charge in [-0.3, -0.25) is 14.5 Å². The lowest BCUT2D eigenvalue weighted by Crippen LogP contribution is -2.28. The molecule has 1 amide bonds. The number of amides is 1. The van der Waals surface area contributed by atoms with E-state index in [0.29, 0.717) is 28.9 Å². The molecule has 11 heteroatoms. The summed E-state index contributed by atoms with van der Waals surface area (Å²) in [5.41, 5.74) is 0.846. The zero-order valence-electron chi connectivity index (χ0n) is 18.1. The van der Waals surface area contributed by atoms with Crippen LogP contribution in [0, 0.1) is 4.77 Å². The van der Waals surface area contributed by atoms with Gasteiger partial charge in [-0.15, -0.1) is 11.3 Å². The summed E-state index contributed by atoms with van der Waals surface area (Å²) in [4.78, 5) is 17.9. The minimum absolute atomic E-state index is 0.101. The number of methoxy groups -OCH3 is 1. The monoisotopic (exact) mass is 484 g/mol. The van der Waals surface area contributed by atoms with Crippen LogP contribution in [-0.2, 0) is 17.8 Å². The summed E-state index contributed by atoms with van der Waals surface area (Å²) >= 11 is 6.89. The third-order valence-corrected chi connectivity index (χ3v) is 6.18. The molecule has 4 rings (SSSR count). The Hall–Kier alpha value is -3.31. The Morgan fingerprint density at radius 2 is 2.09 bits per heavy atom. The van der Waals surface area contributed by atoms with Crippen molar-refractivity contribution >= 4 is 29.5 Å². The van der Waals surface area contributed by atoms with Crippen molar-refractivity contribution in [3.05, 3.63) is 52.4 Å². The van der Waals surface area contributed by atoms with E-state index in [4.69, 9.17) is 21.5 Å². The highest BCUT2D eigenvalue weighted by Crippen LogP contribution is 2.22. The second-order valence-corrected chi connectivity index (χ2v) is 8.65. The minimum Gasteiger partial charge on any atom is -0.497 e. The smallest absolute Gasteiger partial charge is 0.240 e. The van der Waals surface area contributed by atoms with E-state index in [9.17, 15) is 4.79 Å². The largest absolute Gasteiger partial charge is 0.497 e. The molecule has 0 bridgehead atoms. The summed E-state index contributed by atoms with van der Waals surface area (Å²) in [7, 11) is 1.61. The number of aromatic nitrogens is 5. The molecule has 0 unspecified atom stereocenters. The average molecular weight is 485 g/mol. The molecular weight excluding hydrogens is 460 g/mol. The first-order chi connectivity index (χ1) is 16.1. The van der Waals surface area contributed by atoms with E-state index in [2.05, 4.69) is 25.7 Å². The van der Waals surface area contributed by atoms with Gasteiger partial charge in [0.15, 0.2) is 10.6 Å². The first kappa shape index (κ1) is 22.9. The Morgan fingerprint density at radius 3 is 2.85 bits per heavy atom. The second kappa shape index (κ2) is 11.0. The molecule has 9 nitrogen and oxygen atoms in total. The minimum atomic E-state index is -0.111. The third kappa shape index (κ3) is 5.93. The predicted octanol–water partition coefficient (Wildman–Crippen LogP) is 4.26. The number of hydrogen-bond acceptors (Lipinski definition) is 8. The fraction of sp³-hybridized carbons (Fsp3) is 0.318. The van der Waals surface area contributed by atoms with Crippen molar-refractivity contribution in [1.82, 2.24) is 30.2 Å². The maximum Gasteiger partial charge on any atom is 0.240 e. The topological polar surface area (TPSA) is 111 Å². The third-order valence-electron chi connectivity index (χ3n) is 5.01. The first-order valence-electron chi connectivity index (χ1n) is 10.6. The summed E-state index contributed by atoms with van der Waals surface area (Å²) in [5, 5.41) is 16.0. The lowest BCUT2D eigenvalue weighted by molar-refractivity contribution is -0.121. The summed E-state index contributed by atoms with van der Waals surface area (Å²) < 4.78 is 12.6. The van der Waals surface area contributed by atoms with E-state index in [1.54, 1.807) is 23.0 Å². The molecule has 0 saturated carbocycles. The number of unbranched alkanes of at least 4 members (excludes halogenated alkanes) is 2. The predicted molar refractivity (Wildman–Crippen MR) is 128 cm³/mol. The molecule has 33 heavy (non-hydrogen) atoms. The van der Waals surface area contributed by atoms with Gasteiger partial charge >= 0.3 is 0 Å². The van der Waals surface area contributed by atoms with Gasteiger partial charge in [0.25, 0.3) is 0 Å². The molecule has 0 aliphatic heterocycles. The van der Waals surface area contributed by atoms with Gasteiger partial charge in [-0.2, -0.15) is 10.1 Å². The zero-order chi connectivity index (χ0) is 23.0. The zero-order valence-corrected chi connectivity index (χ0v) is 19.7. The maximum absolute atomic E-state index is 12.4. The Balaban J connectivity index is 1.19. The van der Waals surface area contributed by atoms with Crippen LogP contribution in [0.4, 0.5) is 0 Å². The van der Waals surface area contributed by atoms with Gasteiger partial charge in [-0.25, -0.2) is 0 Å². The van der Waals surface area contributed by atoms with Crippen molar-refractivity contribution in [2.45, 2.75) is 32.2 Å². The summed E-state index contributed by atoms with van der Waals surface area (Å²) in [6.07, 6.45) is 3.44. The fourth-order valence-corrected chi connectivity index (χ4v) is 4.14. The standard InChI is InChI=1S/C22H24N6O3S2/c1-30-16-10-8-15(9-11-16)21-25-26-22(32)28(21)14-18(29)23-12-4-2-3-7-19-24-20(27-31-19)17-6-5-13-33-17/h5-6,8-11,13H,2-4,7,12,14H2,1H3,(H,23,29)(H,26,32). The highest BCUT2D eigenvalue weighted by molar-refractivity contribution is 7.71. The van der Waals surface area contributed by atoms with E-state index in [1.165, 1.54) is 0 Å². The number of ether oxygens (including phenoxy) is 1. The second-order valence-electron chi connectivity index (χ2n) is 7.32. The molecule has 0 spiro atoms. The Bertz CT molecular complexity index is 1230. The van der Waals surface area contributed by atoms with Crippen molar-refractivity contribution < 1.29 is 14.1 Å². The summed E-state index contributed by atoms with van der Waals surface area (Å²) in [6.45, 7) is 0.691. The first-order valence-corrected chi connectivity index (χ1v) is 11.9. The lowest BCUT2D eigenvalue weighted by Gasteiger charge is -2.08. The van der Waals surface area contributed by atoms with Crippen LogP contribution in [-0.4, -0.2) is 44.5 Å². The van der Waals surface area contributed by atoms with E-state index in [1.807, 2.05) is 41.8 Å². The number of rotatable bonds is 11. The number of hydrogen-bond donors (Lipinski definition) is 2. The van der Waals surface area contributed by atoms with Gasteiger partial charge < -0.3 is 14.6 Å². The number of H-pyrrole nitrogens is 1. The van der Waals surface area contributed by atoms with Crippen molar-refractivity contribution in [2.75, 3.05) is 13.7 Å². The number of aromatic amines is 1. The van der Waals surface area contributed by atoms with E-state index in [-0.39, 0.29) is 12.5 Å². The Kier molecular flexibility index (Phi) is 7.63. The van der Waals surface area contributed by atoms with Crippen molar-refractivity contribution in [2.24, 2.45) is 0 Å². The van der Waals surface area contributed by atoms with Crippen molar-refractivity contribution in [3.63, 3.8) is 0 Å². The number of nitrogens with one attached hydrogen (secondary N) is 2. The summed E-state index contributed by atoms with van der Waals surface area (Å²) in [6, 6.07) is 11.4. The highest BCUT2D eigenvalue weighted by Gasteiger charge is 2.13. The molecule has 2 N–H and O–H groups in total. The summed E-state index contributed by atoms with van der Waals surface area (Å²) in [5.74, 6) is 2.53. The van der Waals surface area contributed by atoms with Gasteiger partial charge in [0.2, 0.25) is 17.6 Å². The van der Waals surface area contributed by atoms with Crippen LogP contribution in [0.15, 0.2) is 46.3 Å². The highest BCUT2D eigenvalue weighted by atomic mass is 32.1. The molecule has 3 aromatic heterocycles. The molecule has 0 saturated heterocycles. The number of benzene rings is 1. The van der Waals surface area contributed by atoms with Crippen LogP contribution in [0.3, 0.4) is 0 Å². The molecule has 0 aliphatic rings. The van der Waals surface area contributed by atoms with Crippen molar-refractivity contribution in [3.8, 4) is 27.8 Å². The maximum atomic E-state index is 12.4. The van der Waals surface area contributed by atoms with Crippen LogP contribution < -0.4 is 10.1 Å². The van der Waals surface area contributed by atoms with Gasteiger partial charge in [0, 0.05) is 18.5 Å². The Labute approximate surface area is 199 Å². The fourth-order valence-electron chi connectivity index (χ4n) is 3.29. The number of nitrogens with zero attached hydrogens (tertiary/aromatic N) is 4. The molecule has 1 aromatic carbocycles. The molecular formula is C22H24N6O3S2. The molecule has 3 heterocycles. The van der Waals surface area contributed by atoms with Crippen LogP contribution >= 0.6 is 23.6 Å². The number of carbonyl (C=O) groups is 1. The molecule has 0 atom stereocenters.